The summed E-state index contributed by atoms with van der Waals surface area (Å²) >= 11 is 12.4. The Kier molecular flexibility index (Phi) is 7.33. The molecule has 0 fully saturated rings. The molecule has 0 aliphatic heterocycles. The Balaban J connectivity index is 2.83. The summed E-state index contributed by atoms with van der Waals surface area (Å²) < 4.78 is 33.6. The van der Waals surface area contributed by atoms with Gasteiger partial charge in [0, 0.05) is 25.4 Å². The molecule has 0 bridgehead atoms. The van der Waals surface area contributed by atoms with Crippen LogP contribution in [0, 0.1) is 33.1 Å². The van der Waals surface area contributed by atoms with Crippen molar-refractivity contribution in [1.82, 2.24) is 0 Å². The van der Waals surface area contributed by atoms with Gasteiger partial charge in [0.2, 0.25) is 0 Å². The van der Waals surface area contributed by atoms with Gasteiger partial charge in [-0.2, -0.15) is 0 Å². The van der Waals surface area contributed by atoms with Gasteiger partial charge in [0.15, 0.2) is 0 Å². The number of halogens is 8. The van der Waals surface area contributed by atoms with Crippen molar-refractivity contribution in [1.29, 1.82) is 0 Å². The molecule has 0 saturated carbocycles. The van der Waals surface area contributed by atoms with Crippen molar-refractivity contribution in [2.45, 2.75) is 0 Å². The van der Waals surface area contributed by atoms with E-state index in [2.05, 4.69) is 90.4 Å². The SMILES string of the molecule is Fc1c(-c2cc(I)c(I)c(I)c2F)cc(I)c(I)c1I. The molecule has 0 heterocycles. The van der Waals surface area contributed by atoms with Gasteiger partial charge in [0.05, 0.1) is 7.14 Å². The zero-order valence-corrected chi connectivity index (χ0v) is 22.1. The van der Waals surface area contributed by atoms with E-state index in [1.807, 2.05) is 45.2 Å². The van der Waals surface area contributed by atoms with Crippen LogP contribution in [0.5, 0.6) is 0 Å². The number of hydrogen-bond donors (Lipinski definition) is 0. The molecule has 0 spiro atoms. The molecule has 0 aliphatic rings. The summed E-state index contributed by atoms with van der Waals surface area (Å²) in [6.45, 7) is 0. The van der Waals surface area contributed by atoms with E-state index in [0.29, 0.717) is 18.3 Å². The van der Waals surface area contributed by atoms with Crippen LogP contribution in [0.3, 0.4) is 0 Å². The lowest BCUT2D eigenvalue weighted by atomic mass is 10.0. The Morgan fingerprint density at radius 1 is 0.550 bits per heavy atom. The molecule has 0 aromatic heterocycles. The van der Waals surface area contributed by atoms with Gasteiger partial charge >= 0.3 is 0 Å². The molecule has 2 aromatic carbocycles. The van der Waals surface area contributed by atoms with Crippen LogP contribution in [-0.4, -0.2) is 0 Å². The van der Waals surface area contributed by atoms with Crippen LogP contribution in [0.2, 0.25) is 0 Å². The summed E-state index contributed by atoms with van der Waals surface area (Å²) in [5, 5.41) is 0. The quantitative estimate of drug-likeness (QED) is 0.161. The molecule has 20 heavy (non-hydrogen) atoms. The highest BCUT2D eigenvalue weighted by Crippen LogP contribution is 2.37. The second kappa shape index (κ2) is 7.71. The van der Waals surface area contributed by atoms with E-state index >= 15 is 0 Å². The first-order chi connectivity index (χ1) is 9.25. The van der Waals surface area contributed by atoms with E-state index in [4.69, 9.17) is 0 Å². The van der Waals surface area contributed by atoms with Gasteiger partial charge in [-0.1, -0.05) is 0 Å². The predicted octanol–water partition coefficient (Wildman–Crippen LogP) is 7.26. The van der Waals surface area contributed by atoms with E-state index in [9.17, 15) is 8.78 Å². The first-order valence-corrected chi connectivity index (χ1v) is 11.4. The van der Waals surface area contributed by atoms with Gasteiger partial charge in [-0.15, -0.1) is 0 Å². The van der Waals surface area contributed by atoms with Gasteiger partial charge < -0.3 is 0 Å². The molecule has 0 saturated heterocycles. The number of rotatable bonds is 1. The van der Waals surface area contributed by atoms with Gasteiger partial charge in [-0.05, 0) is 148 Å². The van der Waals surface area contributed by atoms with Crippen molar-refractivity contribution in [2.24, 2.45) is 0 Å². The normalized spacial score (nSPS) is 11.0. The molecule has 0 radical (unpaired) electrons. The fourth-order valence-corrected chi connectivity index (χ4v) is 5.68. The number of benzene rings is 2. The smallest absolute Gasteiger partial charge is 0.145 e. The third-order valence-corrected chi connectivity index (χ3v) is 12.6. The molecule has 2 aromatic rings. The molecule has 0 nitrogen and oxygen atoms in total. The maximum absolute atomic E-state index is 14.5. The summed E-state index contributed by atoms with van der Waals surface area (Å²) in [6, 6.07) is 3.41. The van der Waals surface area contributed by atoms with E-state index in [1.54, 1.807) is 12.1 Å². The van der Waals surface area contributed by atoms with Crippen molar-refractivity contribution in [3.63, 3.8) is 0 Å². The Hall–Kier alpha value is 2.68. The van der Waals surface area contributed by atoms with Crippen LogP contribution < -0.4 is 0 Å². The maximum Gasteiger partial charge on any atom is 0.145 e. The van der Waals surface area contributed by atoms with Crippen LogP contribution >= 0.6 is 136 Å². The molecule has 0 aliphatic carbocycles. The first kappa shape index (κ1) is 19.0. The minimum absolute atomic E-state index is 0.323. The lowest BCUT2D eigenvalue weighted by molar-refractivity contribution is 0.607. The highest BCUT2D eigenvalue weighted by atomic mass is 127. The second-order valence-electron chi connectivity index (χ2n) is 3.70. The summed E-state index contributed by atoms with van der Waals surface area (Å²) in [5.74, 6) is -0.718. The average molecular weight is 946 g/mol. The van der Waals surface area contributed by atoms with Crippen molar-refractivity contribution in [2.75, 3.05) is 0 Å². The van der Waals surface area contributed by atoms with E-state index < -0.39 is 0 Å². The van der Waals surface area contributed by atoms with Gasteiger partial charge in [0.25, 0.3) is 0 Å². The summed E-state index contributed by atoms with van der Waals surface area (Å²) in [4.78, 5) is 0. The molecular weight excluding hydrogens is 944 g/mol. The van der Waals surface area contributed by atoms with Crippen LogP contribution in [0.4, 0.5) is 8.78 Å². The summed E-state index contributed by atoms with van der Waals surface area (Å²) in [5.41, 5.74) is 0.646. The van der Waals surface area contributed by atoms with Crippen LogP contribution in [0.1, 0.15) is 0 Å². The fourth-order valence-electron chi connectivity index (χ4n) is 1.54. The highest BCUT2D eigenvalue weighted by molar-refractivity contribution is 14.1. The highest BCUT2D eigenvalue weighted by Gasteiger charge is 2.21. The van der Waals surface area contributed by atoms with Crippen molar-refractivity contribution in [3.8, 4) is 11.1 Å². The molecule has 0 atom stereocenters. The molecule has 106 valence electrons. The van der Waals surface area contributed by atoms with Gasteiger partial charge in [0.1, 0.15) is 11.6 Å². The predicted molar refractivity (Wildman–Crippen MR) is 128 cm³/mol. The Bertz CT molecular complexity index is 653. The third kappa shape index (κ3) is 3.68. The molecule has 8 heteroatoms. The largest absolute Gasteiger partial charge is 0.205 e. The number of hydrogen-bond acceptors (Lipinski definition) is 0. The topological polar surface area (TPSA) is 0 Å². The Morgan fingerprint density at radius 2 is 0.850 bits per heavy atom. The standard InChI is InChI=1S/C12H2F2I6/c13-7-3(1-5(15)9(17)11(7)19)4-2-6(16)10(18)12(20)8(4)14/h1-2H. The lowest BCUT2D eigenvalue weighted by Crippen LogP contribution is -2.00. The summed E-state index contributed by atoms with van der Waals surface area (Å²) in [7, 11) is 0. The van der Waals surface area contributed by atoms with E-state index in [0.717, 1.165) is 14.3 Å². The molecular formula is C12H2F2I6. The maximum atomic E-state index is 14.5. The van der Waals surface area contributed by atoms with Crippen molar-refractivity contribution in [3.05, 3.63) is 45.2 Å². The average Bonchev–Trinajstić information content (AvgIpc) is 2.42. The zero-order chi connectivity index (χ0) is 15.2. The zero-order valence-electron chi connectivity index (χ0n) is 9.18. The third-order valence-electron chi connectivity index (χ3n) is 2.50. The minimum atomic E-state index is -0.359. The molecule has 0 N–H and O–H groups in total. The second-order valence-corrected chi connectivity index (χ2v) is 10.3. The molecule has 2 rings (SSSR count). The van der Waals surface area contributed by atoms with Crippen molar-refractivity contribution < 1.29 is 8.78 Å². The van der Waals surface area contributed by atoms with Crippen LogP contribution in [0.15, 0.2) is 12.1 Å². The van der Waals surface area contributed by atoms with Gasteiger partial charge in [-0.3, -0.25) is 0 Å². The Morgan fingerprint density at radius 3 is 1.15 bits per heavy atom. The Labute approximate surface area is 196 Å². The van der Waals surface area contributed by atoms with Crippen LogP contribution in [-0.2, 0) is 0 Å². The summed E-state index contributed by atoms with van der Waals surface area (Å²) in [6.07, 6.45) is 0. The van der Waals surface area contributed by atoms with E-state index in [-0.39, 0.29) is 11.6 Å². The monoisotopic (exact) mass is 945 g/mol. The van der Waals surface area contributed by atoms with Crippen molar-refractivity contribution >= 4 is 136 Å². The lowest BCUT2D eigenvalue weighted by Gasteiger charge is -2.12. The van der Waals surface area contributed by atoms with Gasteiger partial charge in [-0.25, -0.2) is 8.78 Å². The first-order valence-electron chi connectivity index (χ1n) is 4.92. The van der Waals surface area contributed by atoms with E-state index in [1.165, 1.54) is 0 Å². The van der Waals surface area contributed by atoms with Crippen LogP contribution in [0.25, 0.3) is 11.1 Å². The molecule has 0 amide bonds. The minimum Gasteiger partial charge on any atom is -0.205 e. The fraction of sp³-hybridized carbons (Fsp3) is 0. The molecule has 0 unspecified atom stereocenters.